The van der Waals surface area contributed by atoms with E-state index in [1.165, 1.54) is 6.92 Å². The van der Waals surface area contributed by atoms with Gasteiger partial charge in [0.05, 0.1) is 35.4 Å². The number of benzene rings is 2. The van der Waals surface area contributed by atoms with E-state index in [4.69, 9.17) is 4.74 Å². The number of hydrogen-bond acceptors (Lipinski definition) is 8. The number of nitrogens with zero attached hydrogens (tertiary/aromatic N) is 3. The van der Waals surface area contributed by atoms with Crippen molar-refractivity contribution in [2.24, 2.45) is 5.10 Å². The average Bonchev–Trinajstić information content (AvgIpc) is 2.73. The van der Waals surface area contributed by atoms with Crippen molar-refractivity contribution < 1.29 is 24.2 Å². The predicted molar refractivity (Wildman–Crippen MR) is 116 cm³/mol. The Morgan fingerprint density at radius 3 is 2.31 bits per heavy atom. The molecular formula is C20H21N5O7. The van der Waals surface area contributed by atoms with Gasteiger partial charge in [0, 0.05) is 23.0 Å². The van der Waals surface area contributed by atoms with Crippen LogP contribution in [0.1, 0.15) is 25.8 Å². The molecule has 0 aliphatic rings. The van der Waals surface area contributed by atoms with Crippen LogP contribution in [-0.4, -0.2) is 34.0 Å². The van der Waals surface area contributed by atoms with Crippen molar-refractivity contribution in [3.63, 3.8) is 0 Å². The summed E-state index contributed by atoms with van der Waals surface area (Å²) in [5, 5.41) is 28.4. The molecule has 2 aromatic rings. The van der Waals surface area contributed by atoms with Crippen LogP contribution in [0.15, 0.2) is 47.6 Å². The van der Waals surface area contributed by atoms with Crippen LogP contribution in [0.25, 0.3) is 0 Å². The Morgan fingerprint density at radius 2 is 1.72 bits per heavy atom. The number of nitrogens with one attached hydrogen (secondary N) is 2. The molecule has 2 aromatic carbocycles. The fourth-order valence-electron chi connectivity index (χ4n) is 2.63. The van der Waals surface area contributed by atoms with Gasteiger partial charge in [0.1, 0.15) is 5.75 Å². The molecule has 12 heteroatoms. The van der Waals surface area contributed by atoms with Crippen LogP contribution >= 0.6 is 0 Å². The van der Waals surface area contributed by atoms with Gasteiger partial charge < -0.3 is 10.1 Å². The molecule has 0 bridgehead atoms. The normalized spacial score (nSPS) is 10.9. The van der Waals surface area contributed by atoms with Gasteiger partial charge in [-0.15, -0.1) is 0 Å². The first-order valence-electron chi connectivity index (χ1n) is 9.46. The highest BCUT2D eigenvalue weighted by Gasteiger charge is 2.21. The number of amides is 2. The number of carbonyl (C=O) groups is 2. The molecule has 0 heterocycles. The molecule has 0 fully saturated rings. The highest BCUT2D eigenvalue weighted by molar-refractivity contribution is 6.05. The summed E-state index contributed by atoms with van der Waals surface area (Å²) in [6.45, 7) is 3.93. The van der Waals surface area contributed by atoms with Gasteiger partial charge in [-0.1, -0.05) is 0 Å². The van der Waals surface area contributed by atoms with E-state index < -0.39 is 33.5 Å². The zero-order chi connectivity index (χ0) is 23.7. The van der Waals surface area contributed by atoms with Crippen molar-refractivity contribution in [3.05, 3.63) is 68.3 Å². The van der Waals surface area contributed by atoms with Gasteiger partial charge in [-0.05, 0) is 44.2 Å². The van der Waals surface area contributed by atoms with Crippen molar-refractivity contribution >= 4 is 34.6 Å². The number of nitro benzene ring substituents is 2. The van der Waals surface area contributed by atoms with Crippen molar-refractivity contribution in [1.29, 1.82) is 0 Å². The highest BCUT2D eigenvalue weighted by Crippen LogP contribution is 2.25. The molecule has 2 amide bonds. The third-order valence-electron chi connectivity index (χ3n) is 4.06. The van der Waals surface area contributed by atoms with Crippen LogP contribution in [0.4, 0.5) is 17.1 Å². The van der Waals surface area contributed by atoms with Gasteiger partial charge in [0.25, 0.3) is 11.4 Å². The van der Waals surface area contributed by atoms with E-state index in [-0.39, 0.29) is 17.9 Å². The van der Waals surface area contributed by atoms with E-state index >= 15 is 0 Å². The molecule has 0 aliphatic heterocycles. The minimum Gasteiger partial charge on any atom is -0.494 e. The quantitative estimate of drug-likeness (QED) is 0.323. The second-order valence-corrected chi connectivity index (χ2v) is 6.57. The summed E-state index contributed by atoms with van der Waals surface area (Å²) in [6.07, 6.45) is -0.505. The number of ether oxygens (including phenoxy) is 1. The Kier molecular flexibility index (Phi) is 8.34. The van der Waals surface area contributed by atoms with Gasteiger partial charge >= 0.3 is 0 Å². The van der Waals surface area contributed by atoms with Gasteiger partial charge in [-0.3, -0.25) is 29.8 Å². The maximum absolute atomic E-state index is 12.1. The van der Waals surface area contributed by atoms with E-state index in [2.05, 4.69) is 15.8 Å². The molecular weight excluding hydrogens is 422 g/mol. The Morgan fingerprint density at radius 1 is 1.03 bits per heavy atom. The second-order valence-electron chi connectivity index (χ2n) is 6.57. The summed E-state index contributed by atoms with van der Waals surface area (Å²) in [4.78, 5) is 44.6. The van der Waals surface area contributed by atoms with Crippen molar-refractivity contribution in [2.75, 3.05) is 11.9 Å². The highest BCUT2D eigenvalue weighted by atomic mass is 16.6. The Bertz CT molecular complexity index is 1050. The van der Waals surface area contributed by atoms with Gasteiger partial charge in [-0.25, -0.2) is 5.43 Å². The molecule has 0 aliphatic carbocycles. The molecule has 0 aromatic heterocycles. The van der Waals surface area contributed by atoms with Crippen LogP contribution in [-0.2, 0) is 16.0 Å². The summed E-state index contributed by atoms with van der Waals surface area (Å²) >= 11 is 0. The topological polar surface area (TPSA) is 166 Å². The standard InChI is InChI=1S/C20H21N5O7/c1-3-32-17-8-5-15(6-9-17)21-19(26)10-13(2)22-23-20(27)11-14-4-7-16(24(28)29)12-18(14)25(30)31/h4-9,12H,3,10-11H2,1-2H3,(H,21,26)(H,23,27)/b22-13+. The number of rotatable bonds is 10. The minimum absolute atomic E-state index is 0.000745. The summed E-state index contributed by atoms with van der Waals surface area (Å²) in [5.74, 6) is -0.344. The van der Waals surface area contributed by atoms with Crippen LogP contribution in [0.3, 0.4) is 0 Å². The fourth-order valence-corrected chi connectivity index (χ4v) is 2.63. The fraction of sp³-hybridized carbons (Fsp3) is 0.250. The summed E-state index contributed by atoms with van der Waals surface area (Å²) in [7, 11) is 0. The predicted octanol–water partition coefficient (Wildman–Crippen LogP) is 2.97. The van der Waals surface area contributed by atoms with E-state index in [0.29, 0.717) is 23.8 Å². The molecule has 12 nitrogen and oxygen atoms in total. The zero-order valence-electron chi connectivity index (χ0n) is 17.4. The maximum atomic E-state index is 12.1. The Labute approximate surface area is 182 Å². The second kappa shape index (κ2) is 11.2. The van der Waals surface area contributed by atoms with Crippen LogP contribution in [0, 0.1) is 20.2 Å². The first-order chi connectivity index (χ1) is 15.2. The smallest absolute Gasteiger partial charge is 0.279 e. The zero-order valence-corrected chi connectivity index (χ0v) is 17.4. The minimum atomic E-state index is -0.796. The van der Waals surface area contributed by atoms with E-state index in [0.717, 1.165) is 18.2 Å². The number of non-ortho nitro benzene ring substituents is 1. The third-order valence-corrected chi connectivity index (χ3v) is 4.06. The number of hydrazone groups is 1. The lowest BCUT2D eigenvalue weighted by Crippen LogP contribution is -2.23. The lowest BCUT2D eigenvalue weighted by atomic mass is 10.1. The monoisotopic (exact) mass is 443 g/mol. The first kappa shape index (κ1) is 23.9. The van der Waals surface area contributed by atoms with E-state index in [1.54, 1.807) is 24.3 Å². The summed E-state index contributed by atoms with van der Waals surface area (Å²) in [6, 6.07) is 9.84. The first-order valence-corrected chi connectivity index (χ1v) is 9.46. The molecule has 0 saturated heterocycles. The molecule has 0 atom stereocenters. The number of carbonyl (C=O) groups excluding carboxylic acids is 2. The van der Waals surface area contributed by atoms with Gasteiger partial charge in [-0.2, -0.15) is 5.10 Å². The molecule has 0 saturated carbocycles. The molecule has 0 radical (unpaired) electrons. The third kappa shape index (κ3) is 7.16. The van der Waals surface area contributed by atoms with Crippen molar-refractivity contribution in [3.8, 4) is 5.75 Å². The van der Waals surface area contributed by atoms with E-state index in [9.17, 15) is 29.8 Å². The van der Waals surface area contributed by atoms with Crippen LogP contribution < -0.4 is 15.5 Å². The largest absolute Gasteiger partial charge is 0.494 e. The van der Waals surface area contributed by atoms with Gasteiger partial charge in [0.15, 0.2) is 0 Å². The number of nitro groups is 2. The average molecular weight is 443 g/mol. The van der Waals surface area contributed by atoms with Gasteiger partial charge in [0.2, 0.25) is 11.8 Å². The lowest BCUT2D eigenvalue weighted by Gasteiger charge is -2.07. The molecule has 32 heavy (non-hydrogen) atoms. The molecule has 2 N–H and O–H groups in total. The Hall–Kier alpha value is -4.35. The van der Waals surface area contributed by atoms with Crippen LogP contribution in [0.2, 0.25) is 0 Å². The number of hydrogen-bond donors (Lipinski definition) is 2. The summed E-state index contributed by atoms with van der Waals surface area (Å²) < 4.78 is 5.32. The molecule has 2 rings (SSSR count). The summed E-state index contributed by atoms with van der Waals surface area (Å²) in [5.41, 5.74) is 2.11. The molecule has 168 valence electrons. The number of anilines is 1. The molecule has 0 unspecified atom stereocenters. The Balaban J connectivity index is 1.92. The van der Waals surface area contributed by atoms with Crippen molar-refractivity contribution in [1.82, 2.24) is 5.43 Å². The van der Waals surface area contributed by atoms with Crippen molar-refractivity contribution in [2.45, 2.75) is 26.7 Å². The van der Waals surface area contributed by atoms with E-state index in [1.807, 2.05) is 6.92 Å². The lowest BCUT2D eigenvalue weighted by molar-refractivity contribution is -0.394. The SMILES string of the molecule is CCOc1ccc(NC(=O)C/C(C)=N/NC(=O)Cc2ccc([N+](=O)[O-])cc2[N+](=O)[O-])cc1. The molecule has 0 spiro atoms. The van der Waals surface area contributed by atoms with Crippen LogP contribution in [0.5, 0.6) is 5.75 Å². The maximum Gasteiger partial charge on any atom is 0.279 e.